The minimum Gasteiger partial charge on any atom is -0.398 e. The molecule has 0 atom stereocenters. The van der Waals surface area contributed by atoms with Crippen molar-refractivity contribution >= 4 is 16.6 Å². The first-order valence-corrected chi connectivity index (χ1v) is 6.54. The van der Waals surface area contributed by atoms with Crippen molar-refractivity contribution in [1.82, 2.24) is 9.78 Å². The van der Waals surface area contributed by atoms with Gasteiger partial charge in [-0.25, -0.2) is 0 Å². The molecule has 1 aliphatic rings. The van der Waals surface area contributed by atoms with Crippen LogP contribution in [0.3, 0.4) is 0 Å². The number of hydrogen-bond donors (Lipinski definition) is 1. The van der Waals surface area contributed by atoms with Gasteiger partial charge in [-0.05, 0) is 30.9 Å². The van der Waals surface area contributed by atoms with Gasteiger partial charge in [0, 0.05) is 17.6 Å². The fraction of sp³-hybridized carbons (Fsp3) is 0.500. The Labute approximate surface area is 102 Å². The second kappa shape index (κ2) is 4.40. The highest BCUT2D eigenvalue weighted by Crippen LogP contribution is 2.27. The highest BCUT2D eigenvalue weighted by atomic mass is 15.3. The van der Waals surface area contributed by atoms with Crippen LogP contribution in [0.2, 0.25) is 0 Å². The zero-order valence-electron chi connectivity index (χ0n) is 10.1. The number of fused-ring (bicyclic) bond motifs is 1. The quantitative estimate of drug-likeness (QED) is 0.804. The van der Waals surface area contributed by atoms with Crippen molar-refractivity contribution < 1.29 is 0 Å². The largest absolute Gasteiger partial charge is 0.398 e. The molecule has 1 saturated carbocycles. The summed E-state index contributed by atoms with van der Waals surface area (Å²) in [6, 6.07) is 6.06. The Balaban J connectivity index is 1.87. The fourth-order valence-corrected chi connectivity index (χ4v) is 2.89. The number of nitrogens with two attached hydrogens (primary N) is 1. The molecule has 3 nitrogen and oxygen atoms in total. The standard InChI is InChI=1S/C14H19N3/c15-13-7-4-8-14-12(13)9-16-17(14)10-11-5-2-1-3-6-11/h4,7-9,11H,1-3,5-6,10,15H2. The molecule has 1 heterocycles. The van der Waals surface area contributed by atoms with Crippen LogP contribution >= 0.6 is 0 Å². The molecule has 0 bridgehead atoms. The van der Waals surface area contributed by atoms with Gasteiger partial charge < -0.3 is 5.73 Å². The lowest BCUT2D eigenvalue weighted by Crippen LogP contribution is -2.14. The molecule has 3 heteroatoms. The van der Waals surface area contributed by atoms with Crippen LogP contribution in [0.15, 0.2) is 24.4 Å². The summed E-state index contributed by atoms with van der Waals surface area (Å²) in [4.78, 5) is 0. The van der Waals surface area contributed by atoms with Gasteiger partial charge in [-0.2, -0.15) is 5.10 Å². The van der Waals surface area contributed by atoms with Crippen LogP contribution in [0.5, 0.6) is 0 Å². The van der Waals surface area contributed by atoms with Crippen LogP contribution < -0.4 is 5.73 Å². The van der Waals surface area contributed by atoms with E-state index in [2.05, 4.69) is 15.8 Å². The second-order valence-electron chi connectivity index (χ2n) is 5.11. The lowest BCUT2D eigenvalue weighted by atomic mass is 9.89. The molecule has 0 spiro atoms. The van der Waals surface area contributed by atoms with Gasteiger partial charge in [0.2, 0.25) is 0 Å². The molecule has 2 aromatic rings. The Kier molecular flexibility index (Phi) is 2.75. The molecule has 0 saturated heterocycles. The third-order valence-electron chi connectivity index (χ3n) is 3.88. The third-order valence-corrected chi connectivity index (χ3v) is 3.88. The maximum Gasteiger partial charge on any atom is 0.0703 e. The minimum atomic E-state index is 0.799. The Hall–Kier alpha value is -1.51. The van der Waals surface area contributed by atoms with Crippen LogP contribution in [0.4, 0.5) is 5.69 Å². The summed E-state index contributed by atoms with van der Waals surface area (Å²) in [6.45, 7) is 1.05. The van der Waals surface area contributed by atoms with Crippen LogP contribution in [0.25, 0.3) is 10.9 Å². The van der Waals surface area contributed by atoms with E-state index < -0.39 is 0 Å². The number of aromatic nitrogens is 2. The summed E-state index contributed by atoms with van der Waals surface area (Å²) in [5.41, 5.74) is 7.96. The van der Waals surface area contributed by atoms with E-state index >= 15 is 0 Å². The van der Waals surface area contributed by atoms with Gasteiger partial charge in [-0.1, -0.05) is 25.3 Å². The summed E-state index contributed by atoms with van der Waals surface area (Å²) in [7, 11) is 0. The van der Waals surface area contributed by atoms with Crippen LogP contribution in [0, 0.1) is 5.92 Å². The first-order chi connectivity index (χ1) is 8.34. The molecule has 0 unspecified atom stereocenters. The predicted molar refractivity (Wildman–Crippen MR) is 70.7 cm³/mol. The number of benzene rings is 1. The van der Waals surface area contributed by atoms with Crippen LogP contribution in [-0.4, -0.2) is 9.78 Å². The first kappa shape index (κ1) is 10.6. The molecule has 90 valence electrons. The summed E-state index contributed by atoms with van der Waals surface area (Å²) in [5.74, 6) is 0.799. The second-order valence-corrected chi connectivity index (χ2v) is 5.11. The van der Waals surface area contributed by atoms with Crippen molar-refractivity contribution in [3.8, 4) is 0 Å². The molecule has 17 heavy (non-hydrogen) atoms. The Morgan fingerprint density at radius 1 is 1.24 bits per heavy atom. The van der Waals surface area contributed by atoms with Crippen molar-refractivity contribution in [1.29, 1.82) is 0 Å². The SMILES string of the molecule is Nc1cccc2c1cnn2CC1CCCCC1. The normalized spacial score (nSPS) is 17.6. The maximum atomic E-state index is 5.95. The average molecular weight is 229 g/mol. The van der Waals surface area contributed by atoms with E-state index in [0.717, 1.165) is 23.5 Å². The minimum absolute atomic E-state index is 0.799. The van der Waals surface area contributed by atoms with E-state index in [9.17, 15) is 0 Å². The highest BCUT2D eigenvalue weighted by molar-refractivity contribution is 5.90. The number of nitrogens with zero attached hydrogens (tertiary/aromatic N) is 2. The van der Waals surface area contributed by atoms with Crippen LogP contribution in [0.1, 0.15) is 32.1 Å². The molecule has 0 amide bonds. The van der Waals surface area contributed by atoms with E-state index in [1.165, 1.54) is 37.6 Å². The van der Waals surface area contributed by atoms with E-state index in [-0.39, 0.29) is 0 Å². The Bertz CT molecular complexity index is 509. The molecule has 1 fully saturated rings. The van der Waals surface area contributed by atoms with E-state index in [1.807, 2.05) is 18.3 Å². The summed E-state index contributed by atoms with van der Waals surface area (Å²) < 4.78 is 2.13. The summed E-state index contributed by atoms with van der Waals surface area (Å²) >= 11 is 0. The van der Waals surface area contributed by atoms with E-state index in [1.54, 1.807) is 0 Å². The number of anilines is 1. The van der Waals surface area contributed by atoms with Crippen molar-refractivity contribution in [2.45, 2.75) is 38.6 Å². The molecule has 1 aliphatic carbocycles. The molecule has 3 rings (SSSR count). The maximum absolute atomic E-state index is 5.95. The molecule has 1 aromatic carbocycles. The van der Waals surface area contributed by atoms with E-state index in [0.29, 0.717) is 0 Å². The zero-order chi connectivity index (χ0) is 11.7. The van der Waals surface area contributed by atoms with Crippen molar-refractivity contribution in [3.05, 3.63) is 24.4 Å². The van der Waals surface area contributed by atoms with Gasteiger partial charge in [-0.15, -0.1) is 0 Å². The van der Waals surface area contributed by atoms with Gasteiger partial charge in [0.25, 0.3) is 0 Å². The highest BCUT2D eigenvalue weighted by Gasteiger charge is 2.15. The van der Waals surface area contributed by atoms with Crippen molar-refractivity contribution in [2.75, 3.05) is 5.73 Å². The third kappa shape index (κ3) is 2.02. The molecule has 0 aliphatic heterocycles. The number of hydrogen-bond acceptors (Lipinski definition) is 2. The monoisotopic (exact) mass is 229 g/mol. The molecular weight excluding hydrogens is 210 g/mol. The van der Waals surface area contributed by atoms with E-state index in [4.69, 9.17) is 5.73 Å². The molecule has 0 radical (unpaired) electrons. The zero-order valence-corrected chi connectivity index (χ0v) is 10.1. The van der Waals surface area contributed by atoms with Gasteiger partial charge >= 0.3 is 0 Å². The number of nitrogen functional groups attached to an aromatic ring is 1. The topological polar surface area (TPSA) is 43.8 Å². The van der Waals surface area contributed by atoms with Gasteiger partial charge in [-0.3, -0.25) is 4.68 Å². The fourth-order valence-electron chi connectivity index (χ4n) is 2.89. The lowest BCUT2D eigenvalue weighted by molar-refractivity contribution is 0.312. The van der Waals surface area contributed by atoms with Gasteiger partial charge in [0.1, 0.15) is 0 Å². The smallest absolute Gasteiger partial charge is 0.0703 e. The van der Waals surface area contributed by atoms with Crippen molar-refractivity contribution in [2.24, 2.45) is 5.92 Å². The Morgan fingerprint density at radius 3 is 2.88 bits per heavy atom. The molecule has 1 aromatic heterocycles. The van der Waals surface area contributed by atoms with Crippen LogP contribution in [-0.2, 0) is 6.54 Å². The summed E-state index contributed by atoms with van der Waals surface area (Å²) in [6.07, 6.45) is 8.77. The first-order valence-electron chi connectivity index (χ1n) is 6.54. The number of rotatable bonds is 2. The van der Waals surface area contributed by atoms with Crippen molar-refractivity contribution in [3.63, 3.8) is 0 Å². The Morgan fingerprint density at radius 2 is 2.06 bits per heavy atom. The van der Waals surface area contributed by atoms with Gasteiger partial charge in [0.15, 0.2) is 0 Å². The molecular formula is C14H19N3. The van der Waals surface area contributed by atoms with Gasteiger partial charge in [0.05, 0.1) is 11.7 Å². The predicted octanol–water partition coefficient (Wildman–Crippen LogP) is 3.20. The lowest BCUT2D eigenvalue weighted by Gasteiger charge is -2.21. The molecule has 2 N–H and O–H groups in total. The average Bonchev–Trinajstić information content (AvgIpc) is 2.76. The summed E-state index contributed by atoms with van der Waals surface area (Å²) in [5, 5.41) is 5.57.